The Morgan fingerprint density at radius 1 is 1.19 bits per heavy atom. The highest BCUT2D eigenvalue weighted by Crippen LogP contribution is 2.23. The third-order valence-corrected chi connectivity index (χ3v) is 4.18. The maximum atomic E-state index is 12.6. The minimum absolute atomic E-state index is 0.163. The molecule has 0 aromatic heterocycles. The highest BCUT2D eigenvalue weighted by molar-refractivity contribution is 5.96. The molecule has 1 amide bonds. The van der Waals surface area contributed by atoms with E-state index in [2.05, 4.69) is 11.4 Å². The summed E-state index contributed by atoms with van der Waals surface area (Å²) in [4.78, 5) is 12.6. The molecule has 0 heterocycles. The largest absolute Gasteiger partial charge is 0.488 e. The van der Waals surface area contributed by atoms with Gasteiger partial charge in [0.2, 0.25) is 0 Å². The number of nitrogens with one attached hydrogen (secondary N) is 1. The number of aryl methyl sites for hydroxylation is 1. The van der Waals surface area contributed by atoms with Crippen molar-refractivity contribution in [3.63, 3.8) is 0 Å². The van der Waals surface area contributed by atoms with E-state index in [0.717, 1.165) is 5.56 Å². The van der Waals surface area contributed by atoms with Crippen LogP contribution >= 0.6 is 0 Å². The van der Waals surface area contributed by atoms with Crippen molar-refractivity contribution in [1.82, 2.24) is 5.32 Å². The van der Waals surface area contributed by atoms with Crippen LogP contribution in [0.3, 0.4) is 0 Å². The molecule has 1 atom stereocenters. The zero-order valence-corrected chi connectivity index (χ0v) is 16.1. The summed E-state index contributed by atoms with van der Waals surface area (Å²) in [5.74, 6) is 0.406. The van der Waals surface area contributed by atoms with Crippen LogP contribution in [0.5, 0.6) is 5.75 Å². The molecule has 140 valence electrons. The molecule has 0 spiro atoms. The summed E-state index contributed by atoms with van der Waals surface area (Å²) in [6.45, 7) is 8.76. The van der Waals surface area contributed by atoms with Crippen molar-refractivity contribution < 1.29 is 14.6 Å². The summed E-state index contributed by atoms with van der Waals surface area (Å²) in [7, 11) is 0. The van der Waals surface area contributed by atoms with E-state index in [0.29, 0.717) is 30.9 Å². The van der Waals surface area contributed by atoms with Gasteiger partial charge in [0.15, 0.2) is 0 Å². The smallest absolute Gasteiger partial charge is 0.255 e. The number of carbonyl (C=O) groups is 1. The molecule has 0 bridgehead atoms. The fourth-order valence-corrected chi connectivity index (χ4v) is 3.03. The molecule has 26 heavy (non-hydrogen) atoms. The van der Waals surface area contributed by atoms with Gasteiger partial charge in [-0.25, -0.2) is 0 Å². The summed E-state index contributed by atoms with van der Waals surface area (Å²) in [6, 6.07) is 15.4. The topological polar surface area (TPSA) is 58.6 Å². The van der Waals surface area contributed by atoms with Gasteiger partial charge in [0.1, 0.15) is 12.4 Å². The van der Waals surface area contributed by atoms with E-state index in [1.54, 1.807) is 13.0 Å². The lowest BCUT2D eigenvalue weighted by atomic mass is 9.87. The number of benzene rings is 2. The van der Waals surface area contributed by atoms with Crippen LogP contribution in [0, 0.1) is 12.3 Å². The van der Waals surface area contributed by atoms with E-state index in [9.17, 15) is 9.90 Å². The average molecular weight is 355 g/mol. The first kappa shape index (κ1) is 20.0. The predicted molar refractivity (Wildman–Crippen MR) is 104 cm³/mol. The third-order valence-electron chi connectivity index (χ3n) is 4.18. The van der Waals surface area contributed by atoms with Gasteiger partial charge in [-0.3, -0.25) is 4.79 Å². The highest BCUT2D eigenvalue weighted by Gasteiger charge is 2.22. The van der Waals surface area contributed by atoms with E-state index in [1.807, 2.05) is 57.2 Å². The molecule has 0 radical (unpaired) electrons. The number of aliphatic hydroxyl groups excluding tert-OH is 1. The maximum absolute atomic E-state index is 12.6. The first-order valence-electron chi connectivity index (χ1n) is 9.00. The second-order valence-corrected chi connectivity index (χ2v) is 7.67. The van der Waals surface area contributed by atoms with Gasteiger partial charge in [0, 0.05) is 6.54 Å². The molecule has 2 N–H and O–H groups in total. The van der Waals surface area contributed by atoms with Crippen LogP contribution in [-0.4, -0.2) is 23.7 Å². The standard InChI is InChI=1S/C22H29NO3/c1-16-8-7-9-18(12-16)14-26-20-11-6-5-10-19(20)21(25)23-15-22(3,4)13-17(2)24/h5-12,17,24H,13-15H2,1-4H3,(H,23,25)/t17-/m0/s1. The van der Waals surface area contributed by atoms with Crippen LogP contribution in [0.15, 0.2) is 48.5 Å². The van der Waals surface area contributed by atoms with Crippen LogP contribution in [0.2, 0.25) is 0 Å². The molecule has 0 fully saturated rings. The van der Waals surface area contributed by atoms with E-state index >= 15 is 0 Å². The molecule has 2 rings (SSSR count). The van der Waals surface area contributed by atoms with Gasteiger partial charge in [-0.2, -0.15) is 0 Å². The first-order chi connectivity index (χ1) is 12.3. The Bertz CT molecular complexity index is 738. The fourth-order valence-electron chi connectivity index (χ4n) is 3.03. The minimum Gasteiger partial charge on any atom is -0.488 e. The van der Waals surface area contributed by atoms with Crippen molar-refractivity contribution >= 4 is 5.91 Å². The maximum Gasteiger partial charge on any atom is 0.255 e. The van der Waals surface area contributed by atoms with Gasteiger partial charge in [-0.05, 0) is 43.4 Å². The lowest BCUT2D eigenvalue weighted by Crippen LogP contribution is -2.35. The summed E-state index contributed by atoms with van der Waals surface area (Å²) in [6.07, 6.45) is 0.227. The van der Waals surface area contributed by atoms with Crippen LogP contribution in [0.1, 0.15) is 48.7 Å². The van der Waals surface area contributed by atoms with Crippen molar-refractivity contribution in [2.45, 2.75) is 46.8 Å². The highest BCUT2D eigenvalue weighted by atomic mass is 16.5. The van der Waals surface area contributed by atoms with Gasteiger partial charge in [0.05, 0.1) is 11.7 Å². The molecule has 2 aromatic carbocycles. The molecule has 0 saturated heterocycles. The number of hydrogen-bond acceptors (Lipinski definition) is 3. The summed E-state index contributed by atoms with van der Waals surface area (Å²) in [5, 5.41) is 12.5. The van der Waals surface area contributed by atoms with E-state index in [1.165, 1.54) is 5.56 Å². The zero-order valence-electron chi connectivity index (χ0n) is 16.1. The Hall–Kier alpha value is -2.33. The Kier molecular flexibility index (Phi) is 6.81. The number of amides is 1. The minimum atomic E-state index is -0.396. The number of hydrogen-bond donors (Lipinski definition) is 2. The van der Waals surface area contributed by atoms with Crippen molar-refractivity contribution in [1.29, 1.82) is 0 Å². The van der Waals surface area contributed by atoms with E-state index < -0.39 is 6.10 Å². The Labute approximate surface area is 156 Å². The molecular weight excluding hydrogens is 326 g/mol. The molecule has 0 aliphatic carbocycles. The molecule has 2 aromatic rings. The molecule has 4 heteroatoms. The number of para-hydroxylation sites is 1. The number of rotatable bonds is 8. The molecular formula is C22H29NO3. The van der Waals surface area contributed by atoms with Gasteiger partial charge >= 0.3 is 0 Å². The van der Waals surface area contributed by atoms with Crippen LogP contribution < -0.4 is 10.1 Å². The van der Waals surface area contributed by atoms with Gasteiger partial charge in [-0.1, -0.05) is 55.8 Å². The molecule has 0 aliphatic heterocycles. The number of aliphatic hydroxyl groups is 1. The molecule has 0 aliphatic rings. The van der Waals surface area contributed by atoms with Crippen molar-refractivity contribution in [2.24, 2.45) is 5.41 Å². The second kappa shape index (κ2) is 8.86. The Morgan fingerprint density at radius 3 is 2.62 bits per heavy atom. The molecule has 0 unspecified atom stereocenters. The van der Waals surface area contributed by atoms with Gasteiger partial charge in [0.25, 0.3) is 5.91 Å². The molecule has 4 nitrogen and oxygen atoms in total. The summed E-state index contributed by atoms with van der Waals surface area (Å²) in [5.41, 5.74) is 2.59. The van der Waals surface area contributed by atoms with E-state index in [-0.39, 0.29) is 11.3 Å². The third kappa shape index (κ3) is 6.19. The van der Waals surface area contributed by atoms with Crippen molar-refractivity contribution in [2.75, 3.05) is 6.54 Å². The first-order valence-corrected chi connectivity index (χ1v) is 9.00. The Balaban J connectivity index is 2.02. The van der Waals surface area contributed by atoms with E-state index in [4.69, 9.17) is 4.74 Å². The normalized spacial score (nSPS) is 12.5. The summed E-state index contributed by atoms with van der Waals surface area (Å²) < 4.78 is 5.90. The number of carbonyl (C=O) groups excluding carboxylic acids is 1. The molecule has 0 saturated carbocycles. The van der Waals surface area contributed by atoms with Crippen LogP contribution in [0.25, 0.3) is 0 Å². The predicted octanol–water partition coefficient (Wildman–Crippen LogP) is 4.10. The van der Waals surface area contributed by atoms with Crippen molar-refractivity contribution in [3.8, 4) is 5.75 Å². The monoisotopic (exact) mass is 355 g/mol. The lowest BCUT2D eigenvalue weighted by molar-refractivity contribution is 0.0897. The number of ether oxygens (including phenoxy) is 1. The summed E-state index contributed by atoms with van der Waals surface area (Å²) >= 11 is 0. The fraction of sp³-hybridized carbons (Fsp3) is 0.409. The lowest BCUT2D eigenvalue weighted by Gasteiger charge is -2.26. The second-order valence-electron chi connectivity index (χ2n) is 7.67. The SMILES string of the molecule is Cc1cccc(COc2ccccc2C(=O)NCC(C)(C)C[C@H](C)O)c1. The van der Waals surface area contributed by atoms with Gasteiger partial charge < -0.3 is 15.2 Å². The quantitative estimate of drug-likeness (QED) is 0.749. The van der Waals surface area contributed by atoms with Crippen LogP contribution in [-0.2, 0) is 6.61 Å². The zero-order chi connectivity index (χ0) is 19.2. The van der Waals surface area contributed by atoms with Crippen LogP contribution in [0.4, 0.5) is 0 Å². The average Bonchev–Trinajstić information content (AvgIpc) is 2.57. The Morgan fingerprint density at radius 2 is 1.92 bits per heavy atom. The van der Waals surface area contributed by atoms with Gasteiger partial charge in [-0.15, -0.1) is 0 Å². The van der Waals surface area contributed by atoms with Crippen molar-refractivity contribution in [3.05, 3.63) is 65.2 Å².